The Labute approximate surface area is 101 Å². The first-order chi connectivity index (χ1) is 7.81. The van der Waals surface area contributed by atoms with Crippen LogP contribution in [0.1, 0.15) is 52.4 Å². The molecule has 2 rings (SSSR count). The van der Waals surface area contributed by atoms with Crippen molar-refractivity contribution in [2.45, 2.75) is 64.5 Å². The fraction of sp³-hybridized carbons (Fsp3) is 1.00. The Hall–Kier alpha value is -0.0800. The minimum Gasteiger partial charge on any atom is -0.313 e. The molecule has 2 aliphatic rings. The van der Waals surface area contributed by atoms with E-state index in [1.165, 1.54) is 58.2 Å². The maximum absolute atomic E-state index is 3.67. The Morgan fingerprint density at radius 1 is 1.25 bits per heavy atom. The van der Waals surface area contributed by atoms with E-state index < -0.39 is 0 Å². The van der Waals surface area contributed by atoms with Crippen molar-refractivity contribution in [3.63, 3.8) is 0 Å². The summed E-state index contributed by atoms with van der Waals surface area (Å²) in [5, 5.41) is 3.67. The number of hydrogen-bond donors (Lipinski definition) is 1. The second-order valence-corrected chi connectivity index (χ2v) is 5.69. The molecule has 2 heteroatoms. The van der Waals surface area contributed by atoms with Crippen LogP contribution in [0.4, 0.5) is 0 Å². The Morgan fingerprint density at radius 2 is 2.00 bits per heavy atom. The van der Waals surface area contributed by atoms with Gasteiger partial charge in [0.25, 0.3) is 0 Å². The molecule has 94 valence electrons. The van der Waals surface area contributed by atoms with E-state index in [1.54, 1.807) is 0 Å². The molecule has 2 nitrogen and oxygen atoms in total. The summed E-state index contributed by atoms with van der Waals surface area (Å²) in [4.78, 5) is 2.75. The summed E-state index contributed by atoms with van der Waals surface area (Å²) in [6.07, 6.45) is 8.49. The second kappa shape index (κ2) is 6.02. The molecule has 2 unspecified atom stereocenters. The van der Waals surface area contributed by atoms with E-state index in [0.29, 0.717) is 0 Å². The van der Waals surface area contributed by atoms with Crippen LogP contribution >= 0.6 is 0 Å². The molecule has 1 saturated carbocycles. The third-order valence-corrected chi connectivity index (χ3v) is 4.66. The van der Waals surface area contributed by atoms with Crippen LogP contribution in [0, 0.1) is 5.92 Å². The molecule has 2 atom stereocenters. The summed E-state index contributed by atoms with van der Waals surface area (Å²) in [6.45, 7) is 8.57. The van der Waals surface area contributed by atoms with Crippen LogP contribution in [0.25, 0.3) is 0 Å². The van der Waals surface area contributed by atoms with Gasteiger partial charge in [0.2, 0.25) is 0 Å². The van der Waals surface area contributed by atoms with Gasteiger partial charge in [-0.3, -0.25) is 4.90 Å². The fourth-order valence-corrected chi connectivity index (χ4v) is 3.41. The summed E-state index contributed by atoms with van der Waals surface area (Å²) < 4.78 is 0. The Kier molecular flexibility index (Phi) is 4.66. The maximum atomic E-state index is 3.67. The topological polar surface area (TPSA) is 15.3 Å². The molecule has 0 radical (unpaired) electrons. The van der Waals surface area contributed by atoms with Crippen LogP contribution in [-0.2, 0) is 0 Å². The van der Waals surface area contributed by atoms with E-state index >= 15 is 0 Å². The van der Waals surface area contributed by atoms with Crippen molar-refractivity contribution in [2.75, 3.05) is 19.6 Å². The van der Waals surface area contributed by atoms with E-state index in [-0.39, 0.29) is 0 Å². The predicted molar refractivity (Wildman–Crippen MR) is 69.7 cm³/mol. The van der Waals surface area contributed by atoms with Crippen LogP contribution in [0.3, 0.4) is 0 Å². The average molecular weight is 224 g/mol. The summed E-state index contributed by atoms with van der Waals surface area (Å²) in [6, 6.07) is 1.54. The maximum Gasteiger partial charge on any atom is 0.0192 e. The largest absolute Gasteiger partial charge is 0.313 e. The third kappa shape index (κ3) is 2.98. The highest BCUT2D eigenvalue weighted by molar-refractivity contribution is 4.84. The first-order valence-electron chi connectivity index (χ1n) is 7.28. The molecule has 1 N–H and O–H groups in total. The standard InChI is InChI=1S/C14H28N2/c1-3-14-11-16(10-6-9-15-14)12(2)13-7-4-5-8-13/h12-15H,3-11H2,1-2H3. The van der Waals surface area contributed by atoms with E-state index in [0.717, 1.165) is 18.0 Å². The quantitative estimate of drug-likeness (QED) is 0.793. The highest BCUT2D eigenvalue weighted by Gasteiger charge is 2.28. The van der Waals surface area contributed by atoms with Crippen molar-refractivity contribution in [2.24, 2.45) is 5.92 Å². The van der Waals surface area contributed by atoms with E-state index in [1.807, 2.05) is 0 Å². The number of nitrogens with zero attached hydrogens (tertiary/aromatic N) is 1. The molecule has 1 aliphatic heterocycles. The minimum atomic E-state index is 0.728. The summed E-state index contributed by atoms with van der Waals surface area (Å²) in [7, 11) is 0. The van der Waals surface area contributed by atoms with Crippen LogP contribution in [0.5, 0.6) is 0 Å². The molecule has 1 saturated heterocycles. The van der Waals surface area contributed by atoms with Gasteiger partial charge >= 0.3 is 0 Å². The zero-order valence-corrected chi connectivity index (χ0v) is 11.0. The Bertz CT molecular complexity index is 199. The van der Waals surface area contributed by atoms with Gasteiger partial charge in [-0.1, -0.05) is 19.8 Å². The zero-order valence-electron chi connectivity index (χ0n) is 11.0. The van der Waals surface area contributed by atoms with Crippen molar-refractivity contribution in [3.8, 4) is 0 Å². The molecule has 0 aromatic heterocycles. The smallest absolute Gasteiger partial charge is 0.0192 e. The van der Waals surface area contributed by atoms with Crippen LogP contribution in [0.2, 0.25) is 0 Å². The second-order valence-electron chi connectivity index (χ2n) is 5.69. The highest BCUT2D eigenvalue weighted by Crippen LogP contribution is 2.30. The molecule has 0 amide bonds. The number of nitrogens with one attached hydrogen (secondary N) is 1. The first kappa shape index (κ1) is 12.4. The number of hydrogen-bond acceptors (Lipinski definition) is 2. The van der Waals surface area contributed by atoms with Gasteiger partial charge in [-0.2, -0.15) is 0 Å². The lowest BCUT2D eigenvalue weighted by molar-refractivity contribution is 0.152. The monoisotopic (exact) mass is 224 g/mol. The van der Waals surface area contributed by atoms with Gasteiger partial charge in [0.15, 0.2) is 0 Å². The molecule has 0 aromatic rings. The van der Waals surface area contributed by atoms with Crippen molar-refractivity contribution in [1.82, 2.24) is 10.2 Å². The third-order valence-electron chi connectivity index (χ3n) is 4.66. The van der Waals surface area contributed by atoms with Crippen molar-refractivity contribution in [3.05, 3.63) is 0 Å². The van der Waals surface area contributed by atoms with Gasteiger partial charge in [0.1, 0.15) is 0 Å². The van der Waals surface area contributed by atoms with Gasteiger partial charge in [-0.25, -0.2) is 0 Å². The SMILES string of the molecule is CCC1CN(C(C)C2CCCC2)CCCN1. The zero-order chi connectivity index (χ0) is 11.4. The summed E-state index contributed by atoms with van der Waals surface area (Å²) >= 11 is 0. The van der Waals surface area contributed by atoms with E-state index in [4.69, 9.17) is 0 Å². The van der Waals surface area contributed by atoms with Gasteiger partial charge in [0, 0.05) is 18.6 Å². The van der Waals surface area contributed by atoms with Crippen molar-refractivity contribution >= 4 is 0 Å². The minimum absolute atomic E-state index is 0.728. The molecule has 1 heterocycles. The average Bonchev–Trinajstić information content (AvgIpc) is 2.73. The van der Waals surface area contributed by atoms with Gasteiger partial charge in [-0.15, -0.1) is 0 Å². The summed E-state index contributed by atoms with van der Waals surface area (Å²) in [5.41, 5.74) is 0. The van der Waals surface area contributed by atoms with Gasteiger partial charge in [-0.05, 0) is 51.6 Å². The normalized spacial score (nSPS) is 31.5. The highest BCUT2D eigenvalue weighted by atomic mass is 15.2. The lowest BCUT2D eigenvalue weighted by Gasteiger charge is -2.33. The predicted octanol–water partition coefficient (Wildman–Crippen LogP) is 2.64. The molecule has 16 heavy (non-hydrogen) atoms. The lowest BCUT2D eigenvalue weighted by atomic mass is 9.97. The number of rotatable bonds is 3. The van der Waals surface area contributed by atoms with Crippen LogP contribution in [0.15, 0.2) is 0 Å². The Balaban J connectivity index is 1.89. The first-order valence-corrected chi connectivity index (χ1v) is 7.28. The molecule has 0 aromatic carbocycles. The molecule has 0 bridgehead atoms. The molecular weight excluding hydrogens is 196 g/mol. The van der Waals surface area contributed by atoms with Crippen LogP contribution in [-0.4, -0.2) is 36.6 Å². The van der Waals surface area contributed by atoms with Crippen molar-refractivity contribution < 1.29 is 0 Å². The van der Waals surface area contributed by atoms with E-state index in [2.05, 4.69) is 24.1 Å². The van der Waals surface area contributed by atoms with E-state index in [9.17, 15) is 0 Å². The summed E-state index contributed by atoms with van der Waals surface area (Å²) in [5.74, 6) is 0.982. The molecule has 0 spiro atoms. The van der Waals surface area contributed by atoms with Crippen molar-refractivity contribution in [1.29, 1.82) is 0 Å². The van der Waals surface area contributed by atoms with Gasteiger partial charge < -0.3 is 5.32 Å². The lowest BCUT2D eigenvalue weighted by Crippen LogP contribution is -2.43. The Morgan fingerprint density at radius 3 is 2.69 bits per heavy atom. The van der Waals surface area contributed by atoms with Gasteiger partial charge in [0.05, 0.1) is 0 Å². The van der Waals surface area contributed by atoms with Crippen LogP contribution < -0.4 is 5.32 Å². The molecule has 2 fully saturated rings. The molecule has 1 aliphatic carbocycles. The fourth-order valence-electron chi connectivity index (χ4n) is 3.41. The molecular formula is C14H28N2.